The van der Waals surface area contributed by atoms with Crippen LogP contribution in [0.3, 0.4) is 0 Å². The first-order chi connectivity index (χ1) is 5.25. The summed E-state index contributed by atoms with van der Waals surface area (Å²) in [6, 6.07) is 2.25. The van der Waals surface area contributed by atoms with Crippen molar-refractivity contribution in [1.82, 2.24) is 0 Å². The molecule has 1 aromatic rings. The summed E-state index contributed by atoms with van der Waals surface area (Å²) < 4.78 is 0. The maximum atomic E-state index is 5.89. The topological polar surface area (TPSA) is 26.0 Å². The summed E-state index contributed by atoms with van der Waals surface area (Å²) in [5, 5.41) is 2.08. The Morgan fingerprint density at radius 3 is 2.83 bits per heavy atom. The van der Waals surface area contributed by atoms with Gasteiger partial charge in [-0.15, -0.1) is 30.3 Å². The van der Waals surface area contributed by atoms with E-state index in [9.17, 15) is 0 Å². The summed E-state index contributed by atoms with van der Waals surface area (Å²) in [7, 11) is 0. The van der Waals surface area contributed by atoms with Crippen molar-refractivity contribution in [3.63, 3.8) is 0 Å². The van der Waals surface area contributed by atoms with Crippen LogP contribution in [-0.2, 0) is 0 Å². The quantitative estimate of drug-likeness (QED) is 0.751. The zero-order valence-electron chi connectivity index (χ0n) is 7.12. The zero-order chi connectivity index (χ0) is 8.27. The van der Waals surface area contributed by atoms with Gasteiger partial charge in [0, 0.05) is 10.9 Å². The van der Waals surface area contributed by atoms with Gasteiger partial charge in [0.1, 0.15) is 0 Å². The SMILES string of the molecule is C=CC[C@@H](N)c1sccc1C.Cl. The van der Waals surface area contributed by atoms with E-state index in [0.29, 0.717) is 0 Å². The van der Waals surface area contributed by atoms with Gasteiger partial charge in [-0.2, -0.15) is 0 Å². The average Bonchev–Trinajstić information content (AvgIpc) is 2.36. The first-order valence-corrected chi connectivity index (χ1v) is 4.54. The maximum absolute atomic E-state index is 5.89. The minimum atomic E-state index is 0. The van der Waals surface area contributed by atoms with Crippen LogP contribution in [0.25, 0.3) is 0 Å². The van der Waals surface area contributed by atoms with Gasteiger partial charge in [0.15, 0.2) is 0 Å². The first-order valence-electron chi connectivity index (χ1n) is 3.66. The molecule has 12 heavy (non-hydrogen) atoms. The number of nitrogens with two attached hydrogens (primary N) is 1. The molecule has 68 valence electrons. The van der Waals surface area contributed by atoms with Gasteiger partial charge in [-0.1, -0.05) is 6.08 Å². The molecule has 0 aliphatic carbocycles. The fourth-order valence-corrected chi connectivity index (χ4v) is 1.99. The largest absolute Gasteiger partial charge is 0.323 e. The van der Waals surface area contributed by atoms with E-state index < -0.39 is 0 Å². The molecule has 0 bridgehead atoms. The molecule has 0 aliphatic heterocycles. The van der Waals surface area contributed by atoms with E-state index in [1.807, 2.05) is 6.08 Å². The van der Waals surface area contributed by atoms with Crippen LogP contribution in [0.5, 0.6) is 0 Å². The molecule has 0 unspecified atom stereocenters. The highest BCUT2D eigenvalue weighted by atomic mass is 35.5. The van der Waals surface area contributed by atoms with Gasteiger partial charge in [0.05, 0.1) is 0 Å². The number of aryl methyl sites for hydroxylation is 1. The fraction of sp³-hybridized carbons (Fsp3) is 0.333. The van der Waals surface area contributed by atoms with Crippen molar-refractivity contribution >= 4 is 23.7 Å². The van der Waals surface area contributed by atoms with E-state index in [-0.39, 0.29) is 18.4 Å². The maximum Gasteiger partial charge on any atom is 0.0427 e. The van der Waals surface area contributed by atoms with Crippen molar-refractivity contribution in [2.24, 2.45) is 5.73 Å². The molecule has 1 aromatic heterocycles. The average molecular weight is 204 g/mol. The summed E-state index contributed by atoms with van der Waals surface area (Å²) in [5.74, 6) is 0. The lowest BCUT2D eigenvalue weighted by Gasteiger charge is -2.06. The van der Waals surface area contributed by atoms with E-state index in [1.54, 1.807) is 11.3 Å². The Bertz CT molecular complexity index is 244. The molecule has 3 heteroatoms. The van der Waals surface area contributed by atoms with Crippen LogP contribution in [0.2, 0.25) is 0 Å². The van der Waals surface area contributed by atoms with E-state index in [0.717, 1.165) is 6.42 Å². The Kier molecular flexibility index (Phi) is 5.22. The summed E-state index contributed by atoms with van der Waals surface area (Å²) in [4.78, 5) is 1.28. The van der Waals surface area contributed by atoms with Crippen molar-refractivity contribution in [2.75, 3.05) is 0 Å². The molecular weight excluding hydrogens is 190 g/mol. The molecule has 0 aromatic carbocycles. The number of halogens is 1. The van der Waals surface area contributed by atoms with Gasteiger partial charge < -0.3 is 5.73 Å². The number of hydrogen-bond donors (Lipinski definition) is 1. The molecule has 0 saturated carbocycles. The van der Waals surface area contributed by atoms with Gasteiger partial charge in [-0.3, -0.25) is 0 Å². The lowest BCUT2D eigenvalue weighted by Crippen LogP contribution is -2.07. The van der Waals surface area contributed by atoms with E-state index in [1.165, 1.54) is 10.4 Å². The lowest BCUT2D eigenvalue weighted by molar-refractivity contribution is 0.753. The third kappa shape index (κ3) is 2.63. The van der Waals surface area contributed by atoms with Crippen LogP contribution >= 0.6 is 23.7 Å². The number of thiophene rings is 1. The van der Waals surface area contributed by atoms with Crippen molar-refractivity contribution in [1.29, 1.82) is 0 Å². The van der Waals surface area contributed by atoms with Crippen molar-refractivity contribution < 1.29 is 0 Å². The summed E-state index contributed by atoms with van der Waals surface area (Å²) in [5.41, 5.74) is 7.19. The predicted octanol–water partition coefficient (Wildman–Crippen LogP) is 3.05. The van der Waals surface area contributed by atoms with Crippen LogP contribution in [0.4, 0.5) is 0 Å². The van der Waals surface area contributed by atoms with E-state index in [4.69, 9.17) is 5.73 Å². The second-order valence-electron chi connectivity index (χ2n) is 2.60. The Labute approximate surface area is 83.7 Å². The molecule has 0 spiro atoms. The fourth-order valence-electron chi connectivity index (χ4n) is 1.05. The highest BCUT2D eigenvalue weighted by molar-refractivity contribution is 7.10. The van der Waals surface area contributed by atoms with Gasteiger partial charge in [-0.25, -0.2) is 0 Å². The van der Waals surface area contributed by atoms with E-state index >= 15 is 0 Å². The van der Waals surface area contributed by atoms with Gasteiger partial charge >= 0.3 is 0 Å². The Morgan fingerprint density at radius 2 is 2.42 bits per heavy atom. The summed E-state index contributed by atoms with van der Waals surface area (Å²) in [6.07, 6.45) is 2.73. The second kappa shape index (κ2) is 5.36. The van der Waals surface area contributed by atoms with Crippen molar-refractivity contribution in [3.8, 4) is 0 Å². The minimum Gasteiger partial charge on any atom is -0.323 e. The van der Waals surface area contributed by atoms with Crippen LogP contribution in [0.1, 0.15) is 22.9 Å². The van der Waals surface area contributed by atoms with Gasteiger partial charge in [0.25, 0.3) is 0 Å². The Hall–Kier alpha value is -0.310. The highest BCUT2D eigenvalue weighted by Gasteiger charge is 2.07. The number of rotatable bonds is 3. The number of hydrogen-bond acceptors (Lipinski definition) is 2. The Morgan fingerprint density at radius 1 is 1.75 bits per heavy atom. The normalized spacial score (nSPS) is 11.8. The molecule has 0 fully saturated rings. The van der Waals surface area contributed by atoms with Crippen LogP contribution in [0, 0.1) is 6.92 Å². The molecule has 1 nitrogen and oxygen atoms in total. The van der Waals surface area contributed by atoms with Gasteiger partial charge in [-0.05, 0) is 30.4 Å². The molecule has 1 heterocycles. The van der Waals surface area contributed by atoms with Crippen LogP contribution in [-0.4, -0.2) is 0 Å². The van der Waals surface area contributed by atoms with E-state index in [2.05, 4.69) is 24.9 Å². The molecule has 1 atom stereocenters. The molecular formula is C9H14ClNS. The van der Waals surface area contributed by atoms with Crippen molar-refractivity contribution in [2.45, 2.75) is 19.4 Å². The molecule has 0 aliphatic rings. The third-order valence-electron chi connectivity index (χ3n) is 1.66. The second-order valence-corrected chi connectivity index (χ2v) is 3.55. The van der Waals surface area contributed by atoms with Crippen LogP contribution in [0.15, 0.2) is 24.1 Å². The predicted molar refractivity (Wildman–Crippen MR) is 58.0 cm³/mol. The summed E-state index contributed by atoms with van der Waals surface area (Å²) in [6.45, 7) is 5.76. The lowest BCUT2D eigenvalue weighted by atomic mass is 10.1. The monoisotopic (exact) mass is 203 g/mol. The summed E-state index contributed by atoms with van der Waals surface area (Å²) >= 11 is 1.72. The van der Waals surface area contributed by atoms with Gasteiger partial charge in [0.2, 0.25) is 0 Å². The standard InChI is InChI=1S/C9H13NS.ClH/c1-3-4-8(10)9-7(2)5-6-11-9;/h3,5-6,8H,1,4,10H2,2H3;1H/t8-;/m1./s1. The third-order valence-corrected chi connectivity index (χ3v) is 2.81. The minimum absolute atomic E-state index is 0. The first kappa shape index (κ1) is 11.7. The van der Waals surface area contributed by atoms with Crippen LogP contribution < -0.4 is 5.73 Å². The zero-order valence-corrected chi connectivity index (χ0v) is 8.75. The molecule has 0 radical (unpaired) electrons. The molecule has 0 amide bonds. The highest BCUT2D eigenvalue weighted by Crippen LogP contribution is 2.24. The molecule has 1 rings (SSSR count). The smallest absolute Gasteiger partial charge is 0.0427 e. The molecule has 0 saturated heterocycles. The van der Waals surface area contributed by atoms with Crippen molar-refractivity contribution in [3.05, 3.63) is 34.5 Å². The molecule has 2 N–H and O–H groups in total. The Balaban J connectivity index is 0.00000121.